The van der Waals surface area contributed by atoms with Gasteiger partial charge in [-0.15, -0.1) is 11.3 Å². The molecule has 0 spiro atoms. The second-order valence-corrected chi connectivity index (χ2v) is 6.09. The van der Waals surface area contributed by atoms with Gasteiger partial charge in [0.1, 0.15) is 0 Å². The summed E-state index contributed by atoms with van der Waals surface area (Å²) in [5, 5.41) is 5.60. The van der Waals surface area contributed by atoms with Gasteiger partial charge in [0.15, 0.2) is 4.96 Å². The van der Waals surface area contributed by atoms with Crippen LogP contribution in [0.3, 0.4) is 0 Å². The second kappa shape index (κ2) is 6.22. The van der Waals surface area contributed by atoms with Crippen molar-refractivity contribution < 1.29 is 4.74 Å². The van der Waals surface area contributed by atoms with Crippen molar-refractivity contribution >= 4 is 16.3 Å². The van der Waals surface area contributed by atoms with E-state index in [-0.39, 0.29) is 0 Å². The van der Waals surface area contributed by atoms with E-state index >= 15 is 0 Å². The van der Waals surface area contributed by atoms with Crippen molar-refractivity contribution in [3.05, 3.63) is 23.0 Å². The number of likely N-dealkylation sites (N-methyl/N-ethyl adjacent to an activating group) is 1. The second-order valence-electron chi connectivity index (χ2n) is 5.22. The average molecular weight is 294 g/mol. The van der Waals surface area contributed by atoms with E-state index in [1.54, 1.807) is 11.3 Å². The van der Waals surface area contributed by atoms with Gasteiger partial charge >= 0.3 is 0 Å². The van der Waals surface area contributed by atoms with Crippen LogP contribution in [0, 0.1) is 6.92 Å². The van der Waals surface area contributed by atoms with Gasteiger partial charge in [-0.05, 0) is 13.5 Å². The molecule has 3 rings (SSSR count). The molecule has 1 saturated heterocycles. The zero-order valence-electron chi connectivity index (χ0n) is 12.1. The maximum Gasteiger partial charge on any atom is 0.194 e. The van der Waals surface area contributed by atoms with E-state index in [1.807, 2.05) is 0 Å². The fourth-order valence-electron chi connectivity index (χ4n) is 2.70. The first-order chi connectivity index (χ1) is 9.78. The zero-order valence-corrected chi connectivity index (χ0v) is 12.9. The van der Waals surface area contributed by atoms with Crippen molar-refractivity contribution in [1.29, 1.82) is 0 Å². The SMILES string of the molecule is CCN1CCO[C@@H](CNCc2c(C)nc3sccn23)C1. The third kappa shape index (κ3) is 2.88. The molecule has 2 aromatic heterocycles. The molecule has 0 amide bonds. The molecular formula is C14H22N4OS. The minimum Gasteiger partial charge on any atom is -0.374 e. The lowest BCUT2D eigenvalue weighted by Crippen LogP contribution is -2.46. The Morgan fingerprint density at radius 1 is 1.55 bits per heavy atom. The molecule has 0 unspecified atom stereocenters. The molecule has 0 aliphatic carbocycles. The Morgan fingerprint density at radius 2 is 2.45 bits per heavy atom. The Morgan fingerprint density at radius 3 is 3.30 bits per heavy atom. The Kier molecular flexibility index (Phi) is 4.35. The molecule has 2 aromatic rings. The van der Waals surface area contributed by atoms with Gasteiger partial charge in [0.2, 0.25) is 0 Å². The summed E-state index contributed by atoms with van der Waals surface area (Å²) in [6, 6.07) is 0. The van der Waals surface area contributed by atoms with Crippen LogP contribution >= 0.6 is 11.3 Å². The molecule has 0 bridgehead atoms. The molecular weight excluding hydrogens is 272 g/mol. The standard InChI is InChI=1S/C14H22N4OS/c1-3-17-4-6-19-12(10-17)8-15-9-13-11(2)16-14-18(13)5-7-20-14/h5,7,12,15H,3-4,6,8-10H2,1-2H3/t12-/m0/s1. The number of imidazole rings is 1. The third-order valence-corrected chi connectivity index (χ3v) is 4.65. The molecule has 1 aliphatic heterocycles. The van der Waals surface area contributed by atoms with Crippen molar-refractivity contribution in [2.75, 3.05) is 32.8 Å². The highest BCUT2D eigenvalue weighted by atomic mass is 32.1. The van der Waals surface area contributed by atoms with Crippen LogP contribution in [0.2, 0.25) is 0 Å². The molecule has 1 aliphatic rings. The van der Waals surface area contributed by atoms with Crippen LogP contribution in [-0.4, -0.2) is 53.2 Å². The number of ether oxygens (including phenoxy) is 1. The topological polar surface area (TPSA) is 41.8 Å². The average Bonchev–Trinajstić information content (AvgIpc) is 3.01. The van der Waals surface area contributed by atoms with Crippen LogP contribution in [0.15, 0.2) is 11.6 Å². The number of fused-ring (bicyclic) bond motifs is 1. The summed E-state index contributed by atoms with van der Waals surface area (Å²) in [5.74, 6) is 0. The first-order valence-corrected chi connectivity index (χ1v) is 8.11. The highest BCUT2D eigenvalue weighted by molar-refractivity contribution is 7.15. The van der Waals surface area contributed by atoms with E-state index in [0.29, 0.717) is 6.10 Å². The minimum atomic E-state index is 0.301. The van der Waals surface area contributed by atoms with Gasteiger partial charge in [-0.3, -0.25) is 9.30 Å². The lowest BCUT2D eigenvalue weighted by Gasteiger charge is -2.32. The smallest absolute Gasteiger partial charge is 0.194 e. The first kappa shape index (κ1) is 14.0. The van der Waals surface area contributed by atoms with Crippen LogP contribution < -0.4 is 5.32 Å². The molecule has 20 heavy (non-hydrogen) atoms. The lowest BCUT2D eigenvalue weighted by atomic mass is 10.2. The summed E-state index contributed by atoms with van der Waals surface area (Å²) in [5.41, 5.74) is 2.37. The third-order valence-electron chi connectivity index (χ3n) is 3.90. The number of morpholine rings is 1. The number of hydrogen-bond acceptors (Lipinski definition) is 5. The van der Waals surface area contributed by atoms with E-state index in [0.717, 1.165) is 50.0 Å². The van der Waals surface area contributed by atoms with Crippen molar-refractivity contribution in [3.63, 3.8) is 0 Å². The predicted octanol–water partition coefficient (Wildman–Crippen LogP) is 1.51. The summed E-state index contributed by atoms with van der Waals surface area (Å²) in [6.45, 7) is 10.1. The van der Waals surface area contributed by atoms with Gasteiger partial charge in [0.05, 0.1) is 24.1 Å². The number of nitrogens with zero attached hydrogens (tertiary/aromatic N) is 3. The molecule has 6 heteroatoms. The fraction of sp³-hybridized carbons (Fsp3) is 0.643. The van der Waals surface area contributed by atoms with E-state index in [1.165, 1.54) is 5.69 Å². The summed E-state index contributed by atoms with van der Waals surface area (Å²) in [6.07, 6.45) is 2.39. The maximum absolute atomic E-state index is 5.81. The van der Waals surface area contributed by atoms with Gasteiger partial charge in [0.25, 0.3) is 0 Å². The van der Waals surface area contributed by atoms with Crippen LogP contribution in [0.25, 0.3) is 4.96 Å². The van der Waals surface area contributed by atoms with Crippen LogP contribution in [0.4, 0.5) is 0 Å². The van der Waals surface area contributed by atoms with Crippen LogP contribution in [-0.2, 0) is 11.3 Å². The quantitative estimate of drug-likeness (QED) is 0.908. The van der Waals surface area contributed by atoms with Gasteiger partial charge in [-0.2, -0.15) is 0 Å². The molecule has 0 radical (unpaired) electrons. The summed E-state index contributed by atoms with van der Waals surface area (Å²) >= 11 is 1.68. The van der Waals surface area contributed by atoms with E-state index in [4.69, 9.17) is 4.74 Å². The molecule has 5 nitrogen and oxygen atoms in total. The van der Waals surface area contributed by atoms with Crippen molar-refractivity contribution in [1.82, 2.24) is 19.6 Å². The molecule has 110 valence electrons. The molecule has 1 atom stereocenters. The van der Waals surface area contributed by atoms with Gasteiger partial charge in [-0.25, -0.2) is 4.98 Å². The molecule has 1 fully saturated rings. The van der Waals surface area contributed by atoms with Gasteiger partial charge < -0.3 is 10.1 Å². The van der Waals surface area contributed by atoms with Crippen molar-refractivity contribution in [3.8, 4) is 0 Å². The lowest BCUT2D eigenvalue weighted by molar-refractivity contribution is -0.0254. The predicted molar refractivity (Wildman–Crippen MR) is 81.4 cm³/mol. The Bertz CT molecular complexity index is 565. The zero-order chi connectivity index (χ0) is 13.9. The maximum atomic E-state index is 5.81. The van der Waals surface area contributed by atoms with Crippen LogP contribution in [0.5, 0.6) is 0 Å². The summed E-state index contributed by atoms with van der Waals surface area (Å²) < 4.78 is 7.98. The monoisotopic (exact) mass is 294 g/mol. The van der Waals surface area contributed by atoms with Crippen molar-refractivity contribution in [2.45, 2.75) is 26.5 Å². The van der Waals surface area contributed by atoms with E-state index < -0.39 is 0 Å². The molecule has 3 heterocycles. The fourth-order valence-corrected chi connectivity index (χ4v) is 3.47. The van der Waals surface area contributed by atoms with Gasteiger partial charge in [0, 0.05) is 37.8 Å². The Balaban J connectivity index is 1.54. The number of thiazole rings is 1. The van der Waals surface area contributed by atoms with Gasteiger partial charge in [-0.1, -0.05) is 6.92 Å². The number of aryl methyl sites for hydroxylation is 1. The minimum absolute atomic E-state index is 0.301. The molecule has 1 N–H and O–H groups in total. The Hall–Kier alpha value is -0.950. The van der Waals surface area contributed by atoms with Crippen LogP contribution in [0.1, 0.15) is 18.3 Å². The van der Waals surface area contributed by atoms with Crippen molar-refractivity contribution in [2.24, 2.45) is 0 Å². The molecule has 0 saturated carbocycles. The van der Waals surface area contributed by atoms with E-state index in [9.17, 15) is 0 Å². The summed E-state index contributed by atoms with van der Waals surface area (Å²) in [4.78, 5) is 8.08. The number of nitrogens with one attached hydrogen (secondary N) is 1. The normalized spacial score (nSPS) is 20.8. The first-order valence-electron chi connectivity index (χ1n) is 7.23. The number of rotatable bonds is 5. The largest absolute Gasteiger partial charge is 0.374 e. The van der Waals surface area contributed by atoms with E-state index in [2.05, 4.69) is 45.0 Å². The Labute approximate surface area is 123 Å². The summed E-state index contributed by atoms with van der Waals surface area (Å²) in [7, 11) is 0. The number of aromatic nitrogens is 2. The molecule has 0 aromatic carbocycles. The highest BCUT2D eigenvalue weighted by Gasteiger charge is 2.19. The number of hydrogen-bond donors (Lipinski definition) is 1. The highest BCUT2D eigenvalue weighted by Crippen LogP contribution is 2.16.